The molecule has 18 heavy (non-hydrogen) atoms. The number of halogens is 2. The van der Waals surface area contributed by atoms with Crippen molar-refractivity contribution in [2.45, 2.75) is 19.3 Å². The van der Waals surface area contributed by atoms with Crippen LogP contribution in [-0.2, 0) is 0 Å². The van der Waals surface area contributed by atoms with Crippen molar-refractivity contribution in [3.8, 4) is 0 Å². The zero-order valence-corrected chi connectivity index (χ0v) is 11.7. The summed E-state index contributed by atoms with van der Waals surface area (Å²) in [5.74, 6) is 1.70. The molecule has 1 aromatic carbocycles. The second-order valence-corrected chi connectivity index (χ2v) is 5.57. The highest BCUT2D eigenvalue weighted by Crippen LogP contribution is 2.31. The molecule has 0 spiro atoms. The maximum Gasteiger partial charge on any atom is 0.251 e. The van der Waals surface area contributed by atoms with Gasteiger partial charge in [0.1, 0.15) is 0 Å². The van der Waals surface area contributed by atoms with E-state index >= 15 is 0 Å². The summed E-state index contributed by atoms with van der Waals surface area (Å²) in [6.07, 6.45) is 3.56. The average Bonchev–Trinajstić information content (AvgIpc) is 2.83. The second kappa shape index (κ2) is 6.44. The Kier molecular flexibility index (Phi) is 4.90. The molecule has 1 saturated carbocycles. The summed E-state index contributed by atoms with van der Waals surface area (Å²) in [5, 5.41) is 3.56. The number of carbonyl (C=O) groups excluding carboxylic acids is 1. The Morgan fingerprint density at radius 2 is 2.11 bits per heavy atom. The predicted molar refractivity (Wildman–Crippen MR) is 75.3 cm³/mol. The van der Waals surface area contributed by atoms with Crippen LogP contribution in [0.2, 0.25) is 5.02 Å². The van der Waals surface area contributed by atoms with Crippen molar-refractivity contribution in [3.05, 3.63) is 34.9 Å². The quantitative estimate of drug-likeness (QED) is 0.840. The van der Waals surface area contributed by atoms with Gasteiger partial charge in [-0.1, -0.05) is 24.1 Å². The third kappa shape index (κ3) is 3.39. The van der Waals surface area contributed by atoms with Gasteiger partial charge in [0.25, 0.3) is 5.91 Å². The molecule has 1 aliphatic rings. The van der Waals surface area contributed by atoms with Gasteiger partial charge in [0.05, 0.1) is 0 Å². The number of hydrogen-bond donors (Lipinski definition) is 1. The maximum atomic E-state index is 11.9. The van der Waals surface area contributed by atoms with Crippen LogP contribution in [0.3, 0.4) is 0 Å². The summed E-state index contributed by atoms with van der Waals surface area (Å²) >= 11 is 11.8. The molecule has 98 valence electrons. The smallest absolute Gasteiger partial charge is 0.251 e. The van der Waals surface area contributed by atoms with Crippen molar-refractivity contribution in [3.63, 3.8) is 0 Å². The van der Waals surface area contributed by atoms with Crippen molar-refractivity contribution in [1.29, 1.82) is 0 Å². The van der Waals surface area contributed by atoms with Crippen LogP contribution in [0.1, 0.15) is 29.6 Å². The average molecular weight is 286 g/mol. The van der Waals surface area contributed by atoms with Gasteiger partial charge in [-0.2, -0.15) is 0 Å². The Morgan fingerprint density at radius 3 is 2.83 bits per heavy atom. The van der Waals surface area contributed by atoms with Crippen LogP contribution in [0, 0.1) is 11.8 Å². The van der Waals surface area contributed by atoms with E-state index in [1.807, 2.05) is 0 Å². The number of hydrogen-bond acceptors (Lipinski definition) is 1. The Bertz CT molecular complexity index is 422. The lowest BCUT2D eigenvalue weighted by Crippen LogP contribution is -2.31. The van der Waals surface area contributed by atoms with Crippen LogP contribution < -0.4 is 5.32 Å². The highest BCUT2D eigenvalue weighted by molar-refractivity contribution is 6.30. The van der Waals surface area contributed by atoms with Gasteiger partial charge < -0.3 is 5.32 Å². The number of amides is 1. The van der Waals surface area contributed by atoms with Gasteiger partial charge in [-0.15, -0.1) is 11.6 Å². The van der Waals surface area contributed by atoms with Gasteiger partial charge >= 0.3 is 0 Å². The SMILES string of the molecule is O=C(NCC1CCCC1CCl)c1cccc(Cl)c1. The van der Waals surface area contributed by atoms with Gasteiger partial charge in [-0.05, 0) is 42.9 Å². The summed E-state index contributed by atoms with van der Waals surface area (Å²) in [4.78, 5) is 11.9. The van der Waals surface area contributed by atoms with E-state index < -0.39 is 0 Å². The molecule has 1 amide bonds. The molecule has 2 rings (SSSR count). The predicted octanol–water partition coefficient (Wildman–Crippen LogP) is 3.72. The van der Waals surface area contributed by atoms with Gasteiger partial charge in [0, 0.05) is 23.0 Å². The largest absolute Gasteiger partial charge is 0.352 e. The van der Waals surface area contributed by atoms with Crippen molar-refractivity contribution in [2.24, 2.45) is 11.8 Å². The number of carbonyl (C=O) groups is 1. The first-order valence-electron chi connectivity index (χ1n) is 6.30. The molecule has 1 aromatic rings. The lowest BCUT2D eigenvalue weighted by atomic mass is 9.98. The van der Waals surface area contributed by atoms with Gasteiger partial charge in [-0.3, -0.25) is 4.79 Å². The highest BCUT2D eigenvalue weighted by Gasteiger charge is 2.26. The fourth-order valence-corrected chi connectivity index (χ4v) is 3.14. The van der Waals surface area contributed by atoms with Crippen LogP contribution in [0.25, 0.3) is 0 Å². The monoisotopic (exact) mass is 285 g/mol. The molecule has 0 aromatic heterocycles. The lowest BCUT2D eigenvalue weighted by Gasteiger charge is -2.17. The third-order valence-electron chi connectivity index (χ3n) is 3.63. The second-order valence-electron chi connectivity index (χ2n) is 4.83. The fraction of sp³-hybridized carbons (Fsp3) is 0.500. The fourth-order valence-electron chi connectivity index (χ4n) is 2.54. The Morgan fingerprint density at radius 1 is 1.33 bits per heavy atom. The zero-order valence-electron chi connectivity index (χ0n) is 10.2. The molecular formula is C14H17Cl2NO. The summed E-state index contributed by atoms with van der Waals surface area (Å²) in [6, 6.07) is 7.01. The van der Waals surface area contributed by atoms with Crippen molar-refractivity contribution in [1.82, 2.24) is 5.32 Å². The van der Waals surface area contributed by atoms with E-state index in [1.54, 1.807) is 24.3 Å². The molecule has 1 N–H and O–H groups in total. The first-order valence-corrected chi connectivity index (χ1v) is 7.21. The molecule has 0 radical (unpaired) electrons. The Balaban J connectivity index is 1.88. The summed E-state index contributed by atoms with van der Waals surface area (Å²) in [5.41, 5.74) is 0.614. The Hall–Kier alpha value is -0.730. The number of nitrogens with one attached hydrogen (secondary N) is 1. The molecule has 0 aliphatic heterocycles. The van der Waals surface area contributed by atoms with Crippen molar-refractivity contribution in [2.75, 3.05) is 12.4 Å². The van der Waals surface area contributed by atoms with Crippen LogP contribution in [0.15, 0.2) is 24.3 Å². The van der Waals surface area contributed by atoms with Crippen LogP contribution >= 0.6 is 23.2 Å². The normalized spacial score (nSPS) is 23.0. The first kappa shape index (κ1) is 13.7. The van der Waals surface area contributed by atoms with E-state index in [4.69, 9.17) is 23.2 Å². The van der Waals surface area contributed by atoms with E-state index in [1.165, 1.54) is 12.8 Å². The molecular weight excluding hydrogens is 269 g/mol. The lowest BCUT2D eigenvalue weighted by molar-refractivity contribution is 0.0944. The van der Waals surface area contributed by atoms with Crippen molar-refractivity contribution >= 4 is 29.1 Å². The molecule has 0 saturated heterocycles. The van der Waals surface area contributed by atoms with E-state index in [0.717, 1.165) is 6.42 Å². The van der Waals surface area contributed by atoms with Crippen molar-refractivity contribution < 1.29 is 4.79 Å². The van der Waals surface area contributed by atoms with Gasteiger partial charge in [0.15, 0.2) is 0 Å². The van der Waals surface area contributed by atoms with Gasteiger partial charge in [0.2, 0.25) is 0 Å². The molecule has 0 heterocycles. The minimum absolute atomic E-state index is 0.0577. The minimum Gasteiger partial charge on any atom is -0.352 e. The van der Waals surface area contributed by atoms with E-state index in [-0.39, 0.29) is 5.91 Å². The topological polar surface area (TPSA) is 29.1 Å². The summed E-state index contributed by atoms with van der Waals surface area (Å²) in [7, 11) is 0. The highest BCUT2D eigenvalue weighted by atomic mass is 35.5. The van der Waals surface area contributed by atoms with E-state index in [0.29, 0.717) is 34.8 Å². The first-order chi connectivity index (χ1) is 8.70. The molecule has 0 bridgehead atoms. The number of alkyl halides is 1. The molecule has 2 nitrogen and oxygen atoms in total. The molecule has 1 fully saturated rings. The molecule has 4 heteroatoms. The third-order valence-corrected chi connectivity index (χ3v) is 4.26. The number of rotatable bonds is 4. The number of benzene rings is 1. The standard InChI is InChI=1S/C14H17Cl2NO/c15-8-11-4-1-5-12(11)9-17-14(18)10-3-2-6-13(16)7-10/h2-3,6-7,11-12H,1,4-5,8-9H2,(H,17,18). The Labute approximate surface area is 118 Å². The molecule has 2 atom stereocenters. The van der Waals surface area contributed by atoms with Gasteiger partial charge in [-0.25, -0.2) is 0 Å². The van der Waals surface area contributed by atoms with E-state index in [2.05, 4.69) is 5.32 Å². The summed E-state index contributed by atoms with van der Waals surface area (Å²) in [6.45, 7) is 0.711. The minimum atomic E-state index is -0.0577. The van der Waals surface area contributed by atoms with E-state index in [9.17, 15) is 4.79 Å². The molecule has 2 unspecified atom stereocenters. The van der Waals surface area contributed by atoms with Crippen LogP contribution in [-0.4, -0.2) is 18.3 Å². The zero-order chi connectivity index (χ0) is 13.0. The van der Waals surface area contributed by atoms with Crippen LogP contribution in [0.5, 0.6) is 0 Å². The van der Waals surface area contributed by atoms with Crippen LogP contribution in [0.4, 0.5) is 0 Å². The summed E-state index contributed by atoms with van der Waals surface area (Å²) < 4.78 is 0. The maximum absolute atomic E-state index is 11.9. The molecule has 1 aliphatic carbocycles.